The Morgan fingerprint density at radius 1 is 0.920 bits per heavy atom. The van der Waals surface area contributed by atoms with Gasteiger partial charge < -0.3 is 4.74 Å². The number of benzene rings is 2. The molecule has 5 heteroatoms. The van der Waals surface area contributed by atoms with Crippen LogP contribution >= 0.6 is 0 Å². The van der Waals surface area contributed by atoms with Crippen molar-refractivity contribution >= 4 is 23.9 Å². The molecule has 0 unspecified atom stereocenters. The summed E-state index contributed by atoms with van der Waals surface area (Å²) < 4.78 is 5.10. The fourth-order valence-electron chi connectivity index (χ4n) is 2.61. The first-order chi connectivity index (χ1) is 12.2. The van der Waals surface area contributed by atoms with Crippen molar-refractivity contribution < 1.29 is 19.1 Å². The van der Waals surface area contributed by atoms with Crippen LogP contribution in [-0.2, 0) is 9.53 Å². The van der Waals surface area contributed by atoms with Gasteiger partial charge in [0.25, 0.3) is 11.8 Å². The first-order valence-corrected chi connectivity index (χ1v) is 7.99. The van der Waals surface area contributed by atoms with E-state index in [-0.39, 0.29) is 31.4 Å². The van der Waals surface area contributed by atoms with E-state index in [9.17, 15) is 14.4 Å². The van der Waals surface area contributed by atoms with Crippen LogP contribution in [0.1, 0.15) is 32.7 Å². The number of imide groups is 1. The summed E-state index contributed by atoms with van der Waals surface area (Å²) in [5, 5.41) is 0. The fraction of sp³-hybridized carbons (Fsp3) is 0.150. The van der Waals surface area contributed by atoms with Crippen LogP contribution in [0, 0.1) is 0 Å². The molecule has 2 aromatic rings. The summed E-state index contributed by atoms with van der Waals surface area (Å²) in [5.41, 5.74) is 1.78. The molecule has 3 rings (SSSR count). The SMILES string of the molecule is O=C(CCN1C(=O)c2ccccc2C1=O)OC/C=C/c1ccccc1. The van der Waals surface area contributed by atoms with Gasteiger partial charge in [0.1, 0.15) is 6.61 Å². The number of hydrogen-bond donors (Lipinski definition) is 0. The number of fused-ring (bicyclic) bond motifs is 1. The molecule has 0 saturated heterocycles. The van der Waals surface area contributed by atoms with Crippen molar-refractivity contribution in [2.45, 2.75) is 6.42 Å². The molecule has 0 bridgehead atoms. The first kappa shape index (κ1) is 16.6. The lowest BCUT2D eigenvalue weighted by molar-refractivity contribution is -0.142. The molecule has 0 aliphatic carbocycles. The van der Waals surface area contributed by atoms with Crippen LogP contribution in [0.4, 0.5) is 0 Å². The van der Waals surface area contributed by atoms with E-state index in [1.165, 1.54) is 0 Å². The second-order valence-corrected chi connectivity index (χ2v) is 5.55. The molecule has 0 N–H and O–H groups in total. The van der Waals surface area contributed by atoms with Gasteiger partial charge in [-0.1, -0.05) is 48.5 Å². The molecular weight excluding hydrogens is 318 g/mol. The zero-order valence-electron chi connectivity index (χ0n) is 13.6. The number of carbonyl (C=O) groups excluding carboxylic acids is 3. The Kier molecular flexibility index (Phi) is 5.04. The molecule has 2 amide bonds. The maximum absolute atomic E-state index is 12.2. The molecule has 1 heterocycles. The highest BCUT2D eigenvalue weighted by Crippen LogP contribution is 2.22. The van der Waals surface area contributed by atoms with Crippen molar-refractivity contribution in [2.75, 3.05) is 13.2 Å². The van der Waals surface area contributed by atoms with E-state index in [2.05, 4.69) is 0 Å². The van der Waals surface area contributed by atoms with E-state index >= 15 is 0 Å². The van der Waals surface area contributed by atoms with Gasteiger partial charge in [0.05, 0.1) is 17.5 Å². The van der Waals surface area contributed by atoms with E-state index in [4.69, 9.17) is 4.74 Å². The van der Waals surface area contributed by atoms with Crippen LogP contribution in [0.2, 0.25) is 0 Å². The molecule has 2 aromatic carbocycles. The summed E-state index contributed by atoms with van der Waals surface area (Å²) in [4.78, 5) is 37.2. The highest BCUT2D eigenvalue weighted by molar-refractivity contribution is 6.21. The van der Waals surface area contributed by atoms with Gasteiger partial charge in [0.2, 0.25) is 0 Å². The van der Waals surface area contributed by atoms with E-state index in [0.717, 1.165) is 10.5 Å². The highest BCUT2D eigenvalue weighted by Gasteiger charge is 2.34. The molecule has 0 saturated carbocycles. The predicted molar refractivity (Wildman–Crippen MR) is 92.9 cm³/mol. The number of nitrogens with zero attached hydrogens (tertiary/aromatic N) is 1. The van der Waals surface area contributed by atoms with Crippen molar-refractivity contribution in [3.8, 4) is 0 Å². The molecule has 1 aliphatic rings. The maximum atomic E-state index is 12.2. The minimum atomic E-state index is -0.450. The van der Waals surface area contributed by atoms with Gasteiger partial charge in [-0.15, -0.1) is 0 Å². The monoisotopic (exact) mass is 335 g/mol. The van der Waals surface area contributed by atoms with Gasteiger partial charge >= 0.3 is 5.97 Å². The highest BCUT2D eigenvalue weighted by atomic mass is 16.5. The third kappa shape index (κ3) is 3.83. The van der Waals surface area contributed by atoms with Gasteiger partial charge in [0, 0.05) is 6.54 Å². The Hall–Kier alpha value is -3.21. The Balaban J connectivity index is 1.46. The molecule has 1 aliphatic heterocycles. The second kappa shape index (κ2) is 7.57. The van der Waals surface area contributed by atoms with E-state index in [1.54, 1.807) is 30.3 Å². The van der Waals surface area contributed by atoms with E-state index in [1.807, 2.05) is 36.4 Å². The lowest BCUT2D eigenvalue weighted by Gasteiger charge is -2.12. The molecule has 0 radical (unpaired) electrons. The zero-order valence-corrected chi connectivity index (χ0v) is 13.6. The summed E-state index contributed by atoms with van der Waals surface area (Å²) in [6.45, 7) is 0.170. The fourth-order valence-corrected chi connectivity index (χ4v) is 2.61. The number of rotatable bonds is 6. The molecule has 25 heavy (non-hydrogen) atoms. The van der Waals surface area contributed by atoms with Crippen LogP contribution in [-0.4, -0.2) is 35.8 Å². The first-order valence-electron chi connectivity index (χ1n) is 7.99. The molecular formula is C20H17NO4. The molecule has 0 aromatic heterocycles. The summed E-state index contributed by atoms with van der Waals surface area (Å²) >= 11 is 0. The van der Waals surface area contributed by atoms with Gasteiger partial charge in [-0.05, 0) is 23.8 Å². The van der Waals surface area contributed by atoms with E-state index in [0.29, 0.717) is 11.1 Å². The third-order valence-electron chi connectivity index (χ3n) is 3.87. The summed E-state index contributed by atoms with van der Waals surface area (Å²) in [6, 6.07) is 16.3. The molecule has 0 atom stereocenters. The third-order valence-corrected chi connectivity index (χ3v) is 3.87. The quantitative estimate of drug-likeness (QED) is 0.601. The van der Waals surface area contributed by atoms with Crippen LogP contribution in [0.5, 0.6) is 0 Å². The van der Waals surface area contributed by atoms with Crippen LogP contribution in [0.3, 0.4) is 0 Å². The Morgan fingerprint density at radius 2 is 1.52 bits per heavy atom. The Morgan fingerprint density at radius 3 is 2.16 bits per heavy atom. The van der Waals surface area contributed by atoms with Crippen molar-refractivity contribution in [3.05, 3.63) is 77.4 Å². The lowest BCUT2D eigenvalue weighted by atomic mass is 10.1. The Bertz CT molecular complexity index is 792. The maximum Gasteiger partial charge on any atom is 0.307 e. The minimum Gasteiger partial charge on any atom is -0.461 e. The number of carbonyl (C=O) groups is 3. The normalized spacial score (nSPS) is 13.4. The van der Waals surface area contributed by atoms with Crippen molar-refractivity contribution in [1.29, 1.82) is 0 Å². The van der Waals surface area contributed by atoms with Crippen LogP contribution < -0.4 is 0 Å². The molecule has 126 valence electrons. The van der Waals surface area contributed by atoms with Gasteiger partial charge in [0.15, 0.2) is 0 Å². The van der Waals surface area contributed by atoms with Crippen LogP contribution in [0.25, 0.3) is 6.08 Å². The van der Waals surface area contributed by atoms with Gasteiger partial charge in [-0.2, -0.15) is 0 Å². The van der Waals surface area contributed by atoms with Gasteiger partial charge in [-0.3, -0.25) is 19.3 Å². The summed E-state index contributed by atoms with van der Waals surface area (Å²) in [6.07, 6.45) is 3.58. The average molecular weight is 335 g/mol. The van der Waals surface area contributed by atoms with Crippen molar-refractivity contribution in [1.82, 2.24) is 4.90 Å². The summed E-state index contributed by atoms with van der Waals surface area (Å²) in [5.74, 6) is -1.18. The summed E-state index contributed by atoms with van der Waals surface area (Å²) in [7, 11) is 0. The van der Waals surface area contributed by atoms with E-state index < -0.39 is 5.97 Å². The molecule has 0 fully saturated rings. The smallest absolute Gasteiger partial charge is 0.307 e. The predicted octanol–water partition coefficient (Wildman–Crippen LogP) is 2.93. The zero-order chi connectivity index (χ0) is 17.6. The second-order valence-electron chi connectivity index (χ2n) is 5.55. The largest absolute Gasteiger partial charge is 0.461 e. The average Bonchev–Trinajstić information content (AvgIpc) is 2.89. The standard InChI is InChI=1S/C20H17NO4/c22-18(25-14-6-9-15-7-2-1-3-8-15)12-13-21-19(23)16-10-4-5-11-17(16)20(21)24/h1-11H,12-14H2/b9-6+. The lowest BCUT2D eigenvalue weighted by Crippen LogP contribution is -2.32. The van der Waals surface area contributed by atoms with Gasteiger partial charge in [-0.25, -0.2) is 0 Å². The topological polar surface area (TPSA) is 63.7 Å². The minimum absolute atomic E-state index is 0.0214. The van der Waals surface area contributed by atoms with Crippen LogP contribution in [0.15, 0.2) is 60.7 Å². The molecule has 0 spiro atoms. The van der Waals surface area contributed by atoms with Crippen molar-refractivity contribution in [2.24, 2.45) is 0 Å². The van der Waals surface area contributed by atoms with Crippen molar-refractivity contribution in [3.63, 3.8) is 0 Å². The number of ether oxygens (including phenoxy) is 1. The number of amides is 2. The molecule has 5 nitrogen and oxygen atoms in total. The Labute approximate surface area is 145 Å². The number of hydrogen-bond acceptors (Lipinski definition) is 4. The number of esters is 1.